The summed E-state index contributed by atoms with van der Waals surface area (Å²) in [6.45, 7) is 0. The Kier molecular flexibility index (Phi) is 4.48. The SMILES string of the molecule is CNC1CCCCC1c1nc(-c2cc(Cl)cc(Cl)c2)no1. The van der Waals surface area contributed by atoms with Crippen LogP contribution in [-0.4, -0.2) is 23.2 Å². The Bertz CT molecular complexity index is 609. The number of hydrogen-bond acceptors (Lipinski definition) is 4. The van der Waals surface area contributed by atoms with Crippen LogP contribution in [0.2, 0.25) is 10.0 Å². The van der Waals surface area contributed by atoms with E-state index in [0.717, 1.165) is 18.4 Å². The fourth-order valence-corrected chi connectivity index (χ4v) is 3.48. The van der Waals surface area contributed by atoms with E-state index in [1.165, 1.54) is 12.8 Å². The van der Waals surface area contributed by atoms with Gasteiger partial charge in [0.25, 0.3) is 0 Å². The van der Waals surface area contributed by atoms with E-state index in [2.05, 4.69) is 15.5 Å². The number of rotatable bonds is 3. The molecule has 1 aromatic carbocycles. The van der Waals surface area contributed by atoms with Gasteiger partial charge >= 0.3 is 0 Å². The second kappa shape index (κ2) is 6.34. The van der Waals surface area contributed by atoms with Crippen molar-refractivity contribution in [2.75, 3.05) is 7.05 Å². The molecule has 0 aliphatic heterocycles. The zero-order valence-corrected chi connectivity index (χ0v) is 13.3. The largest absolute Gasteiger partial charge is 0.339 e. The first-order valence-electron chi connectivity index (χ1n) is 7.14. The van der Waals surface area contributed by atoms with Gasteiger partial charge in [-0.3, -0.25) is 0 Å². The molecule has 2 unspecified atom stereocenters. The van der Waals surface area contributed by atoms with Crippen molar-refractivity contribution in [2.45, 2.75) is 37.6 Å². The van der Waals surface area contributed by atoms with Crippen molar-refractivity contribution in [3.8, 4) is 11.4 Å². The van der Waals surface area contributed by atoms with E-state index < -0.39 is 0 Å². The van der Waals surface area contributed by atoms with Crippen LogP contribution in [0.1, 0.15) is 37.5 Å². The molecule has 1 aliphatic carbocycles. The topological polar surface area (TPSA) is 51.0 Å². The third-order valence-electron chi connectivity index (χ3n) is 4.02. The number of nitrogens with one attached hydrogen (secondary N) is 1. The van der Waals surface area contributed by atoms with Gasteiger partial charge in [-0.2, -0.15) is 4.98 Å². The molecule has 0 spiro atoms. The smallest absolute Gasteiger partial charge is 0.231 e. The molecule has 0 saturated heterocycles. The highest BCUT2D eigenvalue weighted by atomic mass is 35.5. The van der Waals surface area contributed by atoms with Crippen molar-refractivity contribution in [3.63, 3.8) is 0 Å². The summed E-state index contributed by atoms with van der Waals surface area (Å²) in [7, 11) is 1.98. The van der Waals surface area contributed by atoms with Gasteiger partial charge in [-0.15, -0.1) is 0 Å². The minimum Gasteiger partial charge on any atom is -0.339 e. The molecule has 2 atom stereocenters. The molecule has 0 radical (unpaired) electrons. The van der Waals surface area contributed by atoms with Gasteiger partial charge in [0.05, 0.1) is 5.92 Å². The Labute approximate surface area is 133 Å². The molecule has 0 amide bonds. The highest BCUT2D eigenvalue weighted by Crippen LogP contribution is 2.33. The molecule has 4 nitrogen and oxygen atoms in total. The molecule has 6 heteroatoms. The second-order valence-corrected chi connectivity index (χ2v) is 6.27. The van der Waals surface area contributed by atoms with Crippen molar-refractivity contribution < 1.29 is 4.52 Å². The first-order valence-corrected chi connectivity index (χ1v) is 7.90. The van der Waals surface area contributed by atoms with Crippen LogP contribution in [0.4, 0.5) is 0 Å². The predicted octanol–water partition coefficient (Wildman–Crippen LogP) is 4.29. The number of aromatic nitrogens is 2. The van der Waals surface area contributed by atoms with Gasteiger partial charge in [0.15, 0.2) is 0 Å². The first-order chi connectivity index (χ1) is 10.2. The van der Waals surface area contributed by atoms with Crippen LogP contribution in [0.3, 0.4) is 0 Å². The third kappa shape index (κ3) is 3.23. The lowest BCUT2D eigenvalue weighted by molar-refractivity contribution is 0.270. The van der Waals surface area contributed by atoms with E-state index in [0.29, 0.717) is 27.8 Å². The van der Waals surface area contributed by atoms with Crippen LogP contribution in [0.25, 0.3) is 11.4 Å². The van der Waals surface area contributed by atoms with Gasteiger partial charge in [-0.25, -0.2) is 0 Å². The summed E-state index contributed by atoms with van der Waals surface area (Å²) in [6, 6.07) is 5.66. The molecule has 2 aromatic rings. The Morgan fingerprint density at radius 2 is 1.86 bits per heavy atom. The van der Waals surface area contributed by atoms with E-state index in [1.807, 2.05) is 7.05 Å². The van der Waals surface area contributed by atoms with E-state index in [-0.39, 0.29) is 5.92 Å². The Hall–Kier alpha value is -1.10. The first kappa shape index (κ1) is 14.8. The maximum atomic E-state index is 6.02. The second-order valence-electron chi connectivity index (χ2n) is 5.40. The van der Waals surface area contributed by atoms with E-state index in [9.17, 15) is 0 Å². The number of likely N-dealkylation sites (N-methyl/N-ethyl adjacent to an activating group) is 1. The molecule has 112 valence electrons. The van der Waals surface area contributed by atoms with E-state index in [1.54, 1.807) is 18.2 Å². The van der Waals surface area contributed by atoms with Crippen LogP contribution in [0.5, 0.6) is 0 Å². The number of hydrogen-bond donors (Lipinski definition) is 1. The molecule has 0 bridgehead atoms. The van der Waals surface area contributed by atoms with Crippen LogP contribution in [0, 0.1) is 0 Å². The lowest BCUT2D eigenvalue weighted by Crippen LogP contribution is -2.34. The van der Waals surface area contributed by atoms with Crippen molar-refractivity contribution in [1.29, 1.82) is 0 Å². The van der Waals surface area contributed by atoms with Crippen molar-refractivity contribution in [2.24, 2.45) is 0 Å². The molecular weight excluding hydrogens is 309 g/mol. The van der Waals surface area contributed by atoms with Crippen LogP contribution in [-0.2, 0) is 0 Å². The summed E-state index contributed by atoms with van der Waals surface area (Å²) < 4.78 is 5.48. The van der Waals surface area contributed by atoms with Gasteiger partial charge < -0.3 is 9.84 Å². The lowest BCUT2D eigenvalue weighted by atomic mass is 9.84. The van der Waals surface area contributed by atoms with Gasteiger partial charge in [0, 0.05) is 21.7 Å². The average molecular weight is 326 g/mol. The standard InChI is InChI=1S/C15H17Cl2N3O/c1-18-13-5-3-2-4-12(13)15-19-14(20-21-15)9-6-10(16)8-11(17)7-9/h6-8,12-13,18H,2-5H2,1H3. The quantitative estimate of drug-likeness (QED) is 0.914. The molecule has 1 aromatic heterocycles. The Morgan fingerprint density at radius 3 is 2.57 bits per heavy atom. The highest BCUT2D eigenvalue weighted by Gasteiger charge is 2.30. The van der Waals surface area contributed by atoms with E-state index in [4.69, 9.17) is 27.7 Å². The summed E-state index contributed by atoms with van der Waals surface area (Å²) in [5.74, 6) is 1.51. The summed E-state index contributed by atoms with van der Waals surface area (Å²) in [5.41, 5.74) is 0.777. The average Bonchev–Trinajstić information content (AvgIpc) is 2.96. The fraction of sp³-hybridized carbons (Fsp3) is 0.467. The molecule has 1 heterocycles. The summed E-state index contributed by atoms with van der Waals surface area (Å²) in [4.78, 5) is 4.55. The zero-order chi connectivity index (χ0) is 14.8. The molecule has 1 saturated carbocycles. The monoisotopic (exact) mass is 325 g/mol. The maximum absolute atomic E-state index is 6.02. The molecule has 1 N–H and O–H groups in total. The van der Waals surface area contributed by atoms with Gasteiger partial charge in [-0.1, -0.05) is 41.2 Å². The van der Waals surface area contributed by atoms with Crippen LogP contribution >= 0.6 is 23.2 Å². The summed E-state index contributed by atoms with van der Waals surface area (Å²) >= 11 is 12.0. The number of nitrogens with zero attached hydrogens (tertiary/aromatic N) is 2. The fourth-order valence-electron chi connectivity index (χ4n) is 2.96. The summed E-state index contributed by atoms with van der Waals surface area (Å²) in [6.07, 6.45) is 4.65. The number of halogens is 2. The molecule has 1 aliphatic rings. The minimum atomic E-state index is 0.277. The molecule has 3 rings (SSSR count). The summed E-state index contributed by atoms with van der Waals surface area (Å²) in [5, 5.41) is 8.56. The molecule has 1 fully saturated rings. The van der Waals surface area contributed by atoms with Gasteiger partial charge in [0.2, 0.25) is 11.7 Å². The third-order valence-corrected chi connectivity index (χ3v) is 4.45. The Balaban J connectivity index is 1.88. The van der Waals surface area contributed by atoms with Gasteiger partial charge in [0.1, 0.15) is 0 Å². The van der Waals surface area contributed by atoms with Crippen LogP contribution in [0.15, 0.2) is 22.7 Å². The van der Waals surface area contributed by atoms with Crippen LogP contribution < -0.4 is 5.32 Å². The van der Waals surface area contributed by atoms with Crippen molar-refractivity contribution >= 4 is 23.2 Å². The zero-order valence-electron chi connectivity index (χ0n) is 11.8. The van der Waals surface area contributed by atoms with E-state index >= 15 is 0 Å². The number of benzene rings is 1. The highest BCUT2D eigenvalue weighted by molar-refractivity contribution is 6.35. The van der Waals surface area contributed by atoms with Crippen molar-refractivity contribution in [1.82, 2.24) is 15.5 Å². The van der Waals surface area contributed by atoms with Gasteiger partial charge in [-0.05, 0) is 38.1 Å². The Morgan fingerprint density at radius 1 is 1.14 bits per heavy atom. The lowest BCUT2D eigenvalue weighted by Gasteiger charge is -2.28. The normalized spacial score (nSPS) is 22.4. The predicted molar refractivity (Wildman–Crippen MR) is 83.8 cm³/mol. The van der Waals surface area contributed by atoms with Crippen molar-refractivity contribution in [3.05, 3.63) is 34.1 Å². The molecular formula is C15H17Cl2N3O. The molecule has 21 heavy (non-hydrogen) atoms. The minimum absolute atomic E-state index is 0.277. The maximum Gasteiger partial charge on any atom is 0.231 e.